The Labute approximate surface area is 202 Å². The lowest BCUT2D eigenvalue weighted by atomic mass is 9.97. The number of carbonyl (C=O) groups is 1. The second-order valence-electron chi connectivity index (χ2n) is 8.09. The number of benzene rings is 1. The van der Waals surface area contributed by atoms with E-state index in [0.717, 1.165) is 44.3 Å². The van der Waals surface area contributed by atoms with Gasteiger partial charge in [0.25, 0.3) is 0 Å². The van der Waals surface area contributed by atoms with Crippen LogP contribution in [0.4, 0.5) is 10.5 Å². The molecule has 0 saturated carbocycles. The minimum atomic E-state index is -0.237. The summed E-state index contributed by atoms with van der Waals surface area (Å²) in [5.74, 6) is 0.891. The molecule has 3 rings (SSSR count). The molecule has 0 unspecified atom stereocenters. The molecule has 1 amide bonds. The summed E-state index contributed by atoms with van der Waals surface area (Å²) in [6.45, 7) is 6.38. The van der Waals surface area contributed by atoms with Gasteiger partial charge in [-0.25, -0.2) is 9.79 Å². The van der Waals surface area contributed by atoms with Crippen molar-refractivity contribution in [1.82, 2.24) is 10.2 Å². The largest absolute Gasteiger partial charge is 0.450 e. The van der Waals surface area contributed by atoms with Gasteiger partial charge in [-0.15, -0.1) is 24.0 Å². The smallest absolute Gasteiger partial charge is 0.409 e. The number of ether oxygens (including phenoxy) is 1. The van der Waals surface area contributed by atoms with Crippen LogP contribution in [0.15, 0.2) is 29.3 Å². The Kier molecular flexibility index (Phi) is 10.7. The van der Waals surface area contributed by atoms with Gasteiger partial charge in [0.2, 0.25) is 0 Å². The monoisotopic (exact) mass is 545 g/mol. The second kappa shape index (κ2) is 12.9. The van der Waals surface area contributed by atoms with Crippen LogP contribution in [0, 0.1) is 5.92 Å². The number of amides is 1. The van der Waals surface area contributed by atoms with Crippen LogP contribution in [0.1, 0.15) is 38.2 Å². The minimum absolute atomic E-state index is 0. The molecule has 0 atom stereocenters. The first-order valence-corrected chi connectivity index (χ1v) is 11.0. The first kappa shape index (κ1) is 25.5. The van der Waals surface area contributed by atoms with E-state index < -0.39 is 0 Å². The van der Waals surface area contributed by atoms with Gasteiger partial charge in [0.15, 0.2) is 5.96 Å². The first-order chi connectivity index (χ1) is 14.6. The molecule has 0 radical (unpaired) electrons. The molecule has 1 aromatic carbocycles. The van der Waals surface area contributed by atoms with Gasteiger partial charge in [-0.3, -0.25) is 0 Å². The summed E-state index contributed by atoms with van der Waals surface area (Å²) < 4.78 is 5.05. The summed E-state index contributed by atoms with van der Waals surface area (Å²) in [5.41, 5.74) is 8.41. The van der Waals surface area contributed by atoms with E-state index in [1.807, 2.05) is 6.92 Å². The predicted molar refractivity (Wildman–Crippen MR) is 134 cm³/mol. The molecule has 0 spiro atoms. The van der Waals surface area contributed by atoms with Gasteiger partial charge in [0.05, 0.1) is 13.2 Å². The number of halogens is 1. The number of aliphatic hydroxyl groups excluding tert-OH is 1. The fraction of sp³-hybridized carbons (Fsp3) is 0.636. The van der Waals surface area contributed by atoms with E-state index in [9.17, 15) is 9.90 Å². The number of likely N-dealkylation sites (tertiary alicyclic amines) is 1. The number of aliphatic imine (C=N–C) groups is 1. The molecular formula is C22H36IN5O3. The third-order valence-corrected chi connectivity index (χ3v) is 5.98. The third kappa shape index (κ3) is 7.71. The topological polar surface area (TPSA) is 103 Å². The molecule has 2 aliphatic rings. The predicted octanol–water partition coefficient (Wildman–Crippen LogP) is 2.54. The maximum atomic E-state index is 11.8. The lowest BCUT2D eigenvalue weighted by Gasteiger charge is -2.33. The molecule has 174 valence electrons. The number of anilines is 1. The van der Waals surface area contributed by atoms with Crippen LogP contribution in [0.3, 0.4) is 0 Å². The lowest BCUT2D eigenvalue weighted by molar-refractivity contribution is 0.0963. The minimum Gasteiger partial charge on any atom is -0.450 e. The molecule has 0 aromatic heterocycles. The Morgan fingerprint density at radius 1 is 1.16 bits per heavy atom. The number of piperidine rings is 2. The molecular weight excluding hydrogens is 509 g/mol. The number of aliphatic hydroxyl groups is 1. The van der Waals surface area contributed by atoms with Gasteiger partial charge in [-0.1, -0.05) is 12.1 Å². The zero-order chi connectivity index (χ0) is 21.3. The second-order valence-corrected chi connectivity index (χ2v) is 8.09. The van der Waals surface area contributed by atoms with Gasteiger partial charge in [-0.2, -0.15) is 0 Å². The Bertz CT molecular complexity index is 700. The van der Waals surface area contributed by atoms with Crippen molar-refractivity contribution in [3.63, 3.8) is 0 Å². The zero-order valence-electron chi connectivity index (χ0n) is 18.3. The van der Waals surface area contributed by atoms with Crippen molar-refractivity contribution in [2.24, 2.45) is 16.6 Å². The molecule has 8 nitrogen and oxygen atoms in total. The fourth-order valence-corrected chi connectivity index (χ4v) is 4.04. The summed E-state index contributed by atoms with van der Waals surface area (Å²) >= 11 is 0. The Morgan fingerprint density at radius 2 is 1.81 bits per heavy atom. The maximum Gasteiger partial charge on any atom is 0.409 e. The Hall–Kier alpha value is -1.75. The summed E-state index contributed by atoms with van der Waals surface area (Å²) in [4.78, 5) is 20.3. The lowest BCUT2D eigenvalue weighted by Crippen LogP contribution is -2.48. The SMILES string of the molecule is CCOC(=O)N1CCC(NC(N)=NCc2ccc(N3CCC(CO)CC3)cc2)CC1.I. The molecule has 4 N–H and O–H groups in total. The van der Waals surface area contributed by atoms with E-state index in [4.69, 9.17) is 10.5 Å². The molecule has 2 saturated heterocycles. The van der Waals surface area contributed by atoms with Gasteiger partial charge >= 0.3 is 6.09 Å². The average molecular weight is 545 g/mol. The Morgan fingerprint density at radius 3 is 2.39 bits per heavy atom. The summed E-state index contributed by atoms with van der Waals surface area (Å²) in [7, 11) is 0. The zero-order valence-corrected chi connectivity index (χ0v) is 20.7. The van der Waals surface area contributed by atoms with Gasteiger partial charge in [0.1, 0.15) is 0 Å². The number of carbonyl (C=O) groups excluding carboxylic acids is 1. The van der Waals surface area contributed by atoms with Gasteiger partial charge in [0, 0.05) is 44.5 Å². The van der Waals surface area contributed by atoms with Crippen molar-refractivity contribution in [3.8, 4) is 0 Å². The molecule has 1 aromatic rings. The van der Waals surface area contributed by atoms with Crippen LogP contribution in [-0.2, 0) is 11.3 Å². The Balaban J connectivity index is 0.00000341. The molecule has 31 heavy (non-hydrogen) atoms. The quantitative estimate of drug-likeness (QED) is 0.289. The van der Waals surface area contributed by atoms with Crippen molar-refractivity contribution in [3.05, 3.63) is 29.8 Å². The van der Waals surface area contributed by atoms with E-state index in [1.165, 1.54) is 5.69 Å². The molecule has 0 bridgehead atoms. The summed E-state index contributed by atoms with van der Waals surface area (Å²) in [6.07, 6.45) is 3.51. The number of hydrogen-bond donors (Lipinski definition) is 3. The molecule has 2 fully saturated rings. The maximum absolute atomic E-state index is 11.8. The molecule has 0 aliphatic carbocycles. The van der Waals surface area contributed by atoms with E-state index in [2.05, 4.69) is 39.5 Å². The summed E-state index contributed by atoms with van der Waals surface area (Å²) in [6, 6.07) is 8.70. The van der Waals surface area contributed by atoms with Crippen molar-refractivity contribution in [1.29, 1.82) is 0 Å². The van der Waals surface area contributed by atoms with Crippen molar-refractivity contribution < 1.29 is 14.6 Å². The van der Waals surface area contributed by atoms with Crippen LogP contribution in [0.2, 0.25) is 0 Å². The number of nitrogens with two attached hydrogens (primary N) is 1. The normalized spacial score (nSPS) is 18.5. The van der Waals surface area contributed by atoms with E-state index in [0.29, 0.717) is 44.7 Å². The highest BCUT2D eigenvalue weighted by Gasteiger charge is 2.23. The van der Waals surface area contributed by atoms with Crippen molar-refractivity contribution in [2.75, 3.05) is 44.3 Å². The number of hydrogen-bond acceptors (Lipinski definition) is 5. The number of rotatable bonds is 6. The number of nitrogens with zero attached hydrogens (tertiary/aromatic N) is 3. The highest BCUT2D eigenvalue weighted by molar-refractivity contribution is 14.0. The van der Waals surface area contributed by atoms with Crippen LogP contribution in [-0.4, -0.2) is 67.5 Å². The summed E-state index contributed by atoms with van der Waals surface area (Å²) in [5, 5.41) is 12.6. The molecule has 9 heteroatoms. The van der Waals surface area contributed by atoms with Crippen LogP contribution < -0.4 is 16.0 Å². The van der Waals surface area contributed by atoms with E-state index in [-0.39, 0.29) is 36.1 Å². The standard InChI is InChI=1S/C22H35N5O3.HI/c1-2-30-22(29)27-13-9-19(10-14-27)25-21(23)24-15-17-3-5-20(6-4-17)26-11-7-18(16-28)8-12-26;/h3-6,18-19,28H,2,7-16H2,1H3,(H3,23,24,25);1H. The fourth-order valence-electron chi connectivity index (χ4n) is 4.04. The number of guanidine groups is 1. The first-order valence-electron chi connectivity index (χ1n) is 11.0. The molecule has 2 aliphatic heterocycles. The number of nitrogens with one attached hydrogen (secondary N) is 1. The van der Waals surface area contributed by atoms with Crippen molar-refractivity contribution >= 4 is 41.7 Å². The van der Waals surface area contributed by atoms with Gasteiger partial charge < -0.3 is 30.7 Å². The van der Waals surface area contributed by atoms with Crippen LogP contribution in [0.5, 0.6) is 0 Å². The van der Waals surface area contributed by atoms with E-state index >= 15 is 0 Å². The highest BCUT2D eigenvalue weighted by atomic mass is 127. The third-order valence-electron chi connectivity index (χ3n) is 5.98. The van der Waals surface area contributed by atoms with Gasteiger partial charge in [-0.05, 0) is 56.2 Å². The highest BCUT2D eigenvalue weighted by Crippen LogP contribution is 2.23. The van der Waals surface area contributed by atoms with Crippen molar-refractivity contribution in [2.45, 2.75) is 45.2 Å². The molecule has 2 heterocycles. The van der Waals surface area contributed by atoms with Crippen LogP contribution >= 0.6 is 24.0 Å². The average Bonchev–Trinajstić information content (AvgIpc) is 2.79. The van der Waals surface area contributed by atoms with E-state index in [1.54, 1.807) is 4.90 Å². The van der Waals surface area contributed by atoms with Crippen LogP contribution in [0.25, 0.3) is 0 Å².